The number of carbonyl (C=O) groups is 2. The summed E-state index contributed by atoms with van der Waals surface area (Å²) in [5.74, 6) is -1.39. The van der Waals surface area contributed by atoms with Gasteiger partial charge in [0, 0.05) is 12.7 Å². The Labute approximate surface area is 106 Å². The number of rotatable bonds is 5. The molecule has 0 aliphatic heterocycles. The number of aromatic nitrogens is 2. The lowest BCUT2D eigenvalue weighted by molar-refractivity contribution is -0.139. The number of carboxylic acids is 1. The van der Waals surface area contributed by atoms with Crippen LogP contribution in [0.5, 0.6) is 0 Å². The monoisotopic (exact) mass is 253 g/mol. The number of carboxylic acid groups (broad SMARTS) is 1. The third-order valence-corrected chi connectivity index (χ3v) is 2.92. The minimum Gasteiger partial charge on any atom is -0.480 e. The van der Waals surface area contributed by atoms with Gasteiger partial charge in [-0.2, -0.15) is 5.10 Å². The molecule has 0 spiro atoms. The van der Waals surface area contributed by atoms with Gasteiger partial charge in [0.1, 0.15) is 6.04 Å². The van der Waals surface area contributed by atoms with Crippen LogP contribution in [-0.4, -0.2) is 32.8 Å². The lowest BCUT2D eigenvalue weighted by Crippen LogP contribution is -2.41. The molecular formula is C12H19N3O3. The van der Waals surface area contributed by atoms with Crippen LogP contribution in [0.3, 0.4) is 0 Å². The highest BCUT2D eigenvalue weighted by molar-refractivity contribution is 5.98. The Balaban J connectivity index is 2.90. The van der Waals surface area contributed by atoms with Crippen LogP contribution in [0.2, 0.25) is 0 Å². The van der Waals surface area contributed by atoms with E-state index in [0.717, 1.165) is 5.69 Å². The Morgan fingerprint density at radius 2 is 2.06 bits per heavy atom. The second-order valence-corrected chi connectivity index (χ2v) is 4.32. The van der Waals surface area contributed by atoms with Crippen LogP contribution in [0.1, 0.15) is 41.5 Å². The van der Waals surface area contributed by atoms with Gasteiger partial charge in [-0.3, -0.25) is 9.48 Å². The maximum Gasteiger partial charge on any atom is 0.326 e. The number of amides is 1. The summed E-state index contributed by atoms with van der Waals surface area (Å²) in [6, 6.07) is -0.846. The van der Waals surface area contributed by atoms with Crippen LogP contribution in [0.15, 0.2) is 0 Å². The molecule has 0 aliphatic carbocycles. The van der Waals surface area contributed by atoms with E-state index in [1.807, 2.05) is 6.92 Å². The first-order valence-electron chi connectivity index (χ1n) is 5.92. The second-order valence-electron chi connectivity index (χ2n) is 4.32. The van der Waals surface area contributed by atoms with Crippen molar-refractivity contribution in [1.29, 1.82) is 0 Å². The molecule has 0 bridgehead atoms. The fourth-order valence-corrected chi connectivity index (χ4v) is 1.88. The number of hydrogen-bond donors (Lipinski definition) is 2. The molecule has 0 saturated carbocycles. The van der Waals surface area contributed by atoms with E-state index >= 15 is 0 Å². The van der Waals surface area contributed by atoms with Gasteiger partial charge >= 0.3 is 5.97 Å². The quantitative estimate of drug-likeness (QED) is 0.820. The maximum atomic E-state index is 12.1. The average Bonchev–Trinajstić information content (AvgIpc) is 2.52. The molecule has 1 rings (SSSR count). The molecular weight excluding hydrogens is 234 g/mol. The van der Waals surface area contributed by atoms with Crippen molar-refractivity contribution >= 4 is 11.9 Å². The molecule has 1 aromatic rings. The Kier molecular flexibility index (Phi) is 4.47. The highest BCUT2D eigenvalue weighted by Gasteiger charge is 2.23. The van der Waals surface area contributed by atoms with Crippen molar-refractivity contribution in [3.8, 4) is 0 Å². The van der Waals surface area contributed by atoms with Crippen molar-refractivity contribution in [2.24, 2.45) is 7.05 Å². The number of carbonyl (C=O) groups excluding carboxylic acids is 1. The first-order valence-corrected chi connectivity index (χ1v) is 5.92. The molecule has 6 nitrogen and oxygen atoms in total. The molecule has 0 aliphatic rings. The number of nitrogens with zero attached hydrogens (tertiary/aromatic N) is 2. The molecule has 0 aromatic carbocycles. The molecule has 2 N–H and O–H groups in total. The summed E-state index contributed by atoms with van der Waals surface area (Å²) >= 11 is 0. The molecule has 0 radical (unpaired) electrons. The SMILES string of the molecule is CCC[C@@H](NC(=O)c1c(C)nn(C)c1C)C(=O)O. The largest absolute Gasteiger partial charge is 0.480 e. The van der Waals surface area contributed by atoms with Gasteiger partial charge in [-0.15, -0.1) is 0 Å². The van der Waals surface area contributed by atoms with Crippen LogP contribution in [-0.2, 0) is 11.8 Å². The summed E-state index contributed by atoms with van der Waals surface area (Å²) in [7, 11) is 1.75. The van der Waals surface area contributed by atoms with E-state index < -0.39 is 12.0 Å². The average molecular weight is 253 g/mol. The Hall–Kier alpha value is -1.85. The van der Waals surface area contributed by atoms with Crippen molar-refractivity contribution < 1.29 is 14.7 Å². The van der Waals surface area contributed by atoms with E-state index in [2.05, 4.69) is 10.4 Å². The Bertz CT molecular complexity index is 465. The van der Waals surface area contributed by atoms with Gasteiger partial charge < -0.3 is 10.4 Å². The van der Waals surface area contributed by atoms with Crippen molar-refractivity contribution in [3.63, 3.8) is 0 Å². The topological polar surface area (TPSA) is 84.2 Å². The minimum absolute atomic E-state index is 0.376. The molecule has 1 aromatic heterocycles. The summed E-state index contributed by atoms with van der Waals surface area (Å²) in [5.41, 5.74) is 1.79. The van der Waals surface area contributed by atoms with Gasteiger partial charge in [-0.1, -0.05) is 13.3 Å². The van der Waals surface area contributed by atoms with Gasteiger partial charge in [-0.05, 0) is 20.3 Å². The van der Waals surface area contributed by atoms with Crippen LogP contribution in [0.4, 0.5) is 0 Å². The predicted octanol–water partition coefficient (Wildman–Crippen LogP) is 1.02. The van der Waals surface area contributed by atoms with Gasteiger partial charge in [0.2, 0.25) is 0 Å². The van der Waals surface area contributed by atoms with E-state index in [-0.39, 0.29) is 5.91 Å². The van der Waals surface area contributed by atoms with Gasteiger partial charge in [0.25, 0.3) is 5.91 Å². The third-order valence-electron chi connectivity index (χ3n) is 2.92. The molecule has 1 heterocycles. The first kappa shape index (κ1) is 14.2. The van der Waals surface area contributed by atoms with Crippen molar-refractivity contribution in [1.82, 2.24) is 15.1 Å². The maximum absolute atomic E-state index is 12.1. The number of aryl methyl sites for hydroxylation is 2. The molecule has 1 amide bonds. The van der Waals surface area contributed by atoms with E-state index in [9.17, 15) is 9.59 Å². The number of hydrogen-bond acceptors (Lipinski definition) is 3. The fraction of sp³-hybridized carbons (Fsp3) is 0.583. The lowest BCUT2D eigenvalue weighted by atomic mass is 10.1. The summed E-state index contributed by atoms with van der Waals surface area (Å²) in [5, 5.41) is 15.7. The zero-order chi connectivity index (χ0) is 13.9. The molecule has 1 atom stereocenters. The Morgan fingerprint density at radius 3 is 2.44 bits per heavy atom. The molecule has 18 heavy (non-hydrogen) atoms. The summed E-state index contributed by atoms with van der Waals surface area (Å²) in [4.78, 5) is 23.1. The van der Waals surface area contributed by atoms with Crippen LogP contribution >= 0.6 is 0 Å². The minimum atomic E-state index is -1.01. The Morgan fingerprint density at radius 1 is 1.44 bits per heavy atom. The standard InChI is InChI=1S/C12H19N3O3/c1-5-6-9(12(17)18)13-11(16)10-7(2)14-15(4)8(10)3/h9H,5-6H2,1-4H3,(H,13,16)(H,17,18)/t9-/m1/s1. The molecule has 0 fully saturated rings. The van der Waals surface area contributed by atoms with Gasteiger partial charge in [0.15, 0.2) is 0 Å². The zero-order valence-corrected chi connectivity index (χ0v) is 11.1. The fourth-order valence-electron chi connectivity index (χ4n) is 1.88. The normalized spacial score (nSPS) is 12.2. The molecule has 0 unspecified atom stereocenters. The third kappa shape index (κ3) is 2.88. The van der Waals surface area contributed by atoms with Crippen molar-refractivity contribution in [2.45, 2.75) is 39.7 Å². The lowest BCUT2D eigenvalue weighted by Gasteiger charge is -2.13. The highest BCUT2D eigenvalue weighted by Crippen LogP contribution is 2.12. The molecule has 6 heteroatoms. The smallest absolute Gasteiger partial charge is 0.326 e. The van der Waals surface area contributed by atoms with Crippen molar-refractivity contribution in [2.75, 3.05) is 0 Å². The van der Waals surface area contributed by atoms with Crippen LogP contribution < -0.4 is 5.32 Å². The van der Waals surface area contributed by atoms with E-state index in [1.54, 1.807) is 25.6 Å². The van der Waals surface area contributed by atoms with Crippen LogP contribution in [0, 0.1) is 13.8 Å². The predicted molar refractivity (Wildman–Crippen MR) is 66.5 cm³/mol. The van der Waals surface area contributed by atoms with Crippen LogP contribution in [0.25, 0.3) is 0 Å². The zero-order valence-electron chi connectivity index (χ0n) is 11.1. The van der Waals surface area contributed by atoms with Gasteiger partial charge in [0.05, 0.1) is 11.3 Å². The molecule has 100 valence electrons. The van der Waals surface area contributed by atoms with Gasteiger partial charge in [-0.25, -0.2) is 4.79 Å². The summed E-state index contributed by atoms with van der Waals surface area (Å²) in [6.45, 7) is 5.39. The number of nitrogens with one attached hydrogen (secondary N) is 1. The van der Waals surface area contributed by atoms with E-state index in [0.29, 0.717) is 24.1 Å². The van der Waals surface area contributed by atoms with E-state index in [1.165, 1.54) is 0 Å². The van der Waals surface area contributed by atoms with E-state index in [4.69, 9.17) is 5.11 Å². The summed E-state index contributed by atoms with van der Waals surface area (Å²) in [6.07, 6.45) is 1.11. The summed E-state index contributed by atoms with van der Waals surface area (Å²) < 4.78 is 1.61. The first-order chi connectivity index (χ1) is 8.38. The number of aliphatic carboxylic acids is 1. The van der Waals surface area contributed by atoms with Crippen molar-refractivity contribution in [3.05, 3.63) is 17.0 Å². The second kappa shape index (κ2) is 5.66. The molecule has 0 saturated heterocycles. The highest BCUT2D eigenvalue weighted by atomic mass is 16.4.